The number of aromatic hydroxyl groups is 1. The maximum atomic E-state index is 13.5. The summed E-state index contributed by atoms with van der Waals surface area (Å²) in [6.07, 6.45) is 1.60. The zero-order valence-electron chi connectivity index (χ0n) is 9.94. The number of anilines is 1. The van der Waals surface area contributed by atoms with E-state index >= 15 is 0 Å². The minimum Gasteiger partial charge on any atom is -0.507 e. The van der Waals surface area contributed by atoms with Gasteiger partial charge in [0.2, 0.25) is 0 Å². The Morgan fingerprint density at radius 3 is 2.78 bits per heavy atom. The van der Waals surface area contributed by atoms with Gasteiger partial charge in [-0.15, -0.1) is 0 Å². The Bertz CT molecular complexity index is 587. The van der Waals surface area contributed by atoms with Crippen molar-refractivity contribution in [1.82, 2.24) is 9.78 Å². The van der Waals surface area contributed by atoms with Crippen molar-refractivity contribution in [3.05, 3.63) is 41.5 Å². The Morgan fingerprint density at radius 1 is 1.50 bits per heavy atom. The number of nitrogens with zero attached hydrogens (tertiary/aromatic N) is 2. The molecule has 0 aliphatic carbocycles. The van der Waals surface area contributed by atoms with Crippen LogP contribution >= 0.6 is 0 Å². The van der Waals surface area contributed by atoms with E-state index in [-0.39, 0.29) is 5.56 Å². The molecule has 1 aromatic heterocycles. The maximum Gasteiger partial charge on any atom is 0.262 e. The van der Waals surface area contributed by atoms with Crippen molar-refractivity contribution in [1.29, 1.82) is 0 Å². The highest BCUT2D eigenvalue weighted by Gasteiger charge is 2.17. The van der Waals surface area contributed by atoms with E-state index in [1.165, 1.54) is 16.8 Å². The molecule has 1 heterocycles. The number of phenols is 1. The minimum atomic E-state index is -0.769. The van der Waals surface area contributed by atoms with E-state index in [1.807, 2.05) is 0 Å². The number of halogens is 1. The lowest BCUT2D eigenvalue weighted by atomic mass is 10.1. The maximum absolute atomic E-state index is 13.5. The predicted octanol–water partition coefficient (Wildman–Crippen LogP) is 1.83. The van der Waals surface area contributed by atoms with Gasteiger partial charge in [0.05, 0.1) is 11.4 Å². The largest absolute Gasteiger partial charge is 0.507 e. The third-order valence-corrected chi connectivity index (χ3v) is 2.48. The zero-order valence-corrected chi connectivity index (χ0v) is 9.94. The molecule has 1 aromatic carbocycles. The first kappa shape index (κ1) is 12.1. The number of nitrogens with one attached hydrogen (secondary N) is 1. The smallest absolute Gasteiger partial charge is 0.262 e. The van der Waals surface area contributed by atoms with Gasteiger partial charge in [-0.05, 0) is 19.1 Å². The number of carbonyl (C=O) groups is 1. The summed E-state index contributed by atoms with van der Waals surface area (Å²) in [7, 11) is 1.71. The van der Waals surface area contributed by atoms with Gasteiger partial charge >= 0.3 is 0 Å². The van der Waals surface area contributed by atoms with Crippen LogP contribution in [0.3, 0.4) is 0 Å². The molecule has 0 saturated heterocycles. The van der Waals surface area contributed by atoms with Crippen molar-refractivity contribution in [3.63, 3.8) is 0 Å². The number of hydrogen-bond donors (Lipinski definition) is 2. The summed E-state index contributed by atoms with van der Waals surface area (Å²) in [5.74, 6) is -1.87. The third kappa shape index (κ3) is 2.17. The molecule has 5 nitrogen and oxygen atoms in total. The molecule has 0 saturated carbocycles. The van der Waals surface area contributed by atoms with Crippen molar-refractivity contribution in [2.75, 3.05) is 5.32 Å². The monoisotopic (exact) mass is 249 g/mol. The topological polar surface area (TPSA) is 67.2 Å². The fourth-order valence-electron chi connectivity index (χ4n) is 1.64. The van der Waals surface area contributed by atoms with Crippen molar-refractivity contribution < 1.29 is 14.3 Å². The molecule has 1 amide bonds. The standard InChI is InChI=1S/C12H12FN3O2/c1-7-9(6-16(2)15-7)14-12(18)11-8(13)4-3-5-10(11)17/h3-6,17H,1-2H3,(H,14,18). The molecule has 6 heteroatoms. The van der Waals surface area contributed by atoms with Gasteiger partial charge in [-0.2, -0.15) is 5.10 Å². The van der Waals surface area contributed by atoms with Gasteiger partial charge in [0.1, 0.15) is 17.1 Å². The Kier molecular flexibility index (Phi) is 3.01. The first-order valence-electron chi connectivity index (χ1n) is 5.28. The molecule has 0 fully saturated rings. The molecule has 0 spiro atoms. The van der Waals surface area contributed by atoms with Crippen LogP contribution in [0.2, 0.25) is 0 Å². The van der Waals surface area contributed by atoms with Gasteiger partial charge in [0.25, 0.3) is 5.91 Å². The Hall–Kier alpha value is -2.37. The van der Waals surface area contributed by atoms with Crippen LogP contribution in [-0.4, -0.2) is 20.8 Å². The molecular weight excluding hydrogens is 237 g/mol. The molecule has 94 valence electrons. The highest BCUT2D eigenvalue weighted by molar-refractivity contribution is 6.06. The van der Waals surface area contributed by atoms with E-state index in [9.17, 15) is 14.3 Å². The Labute approximate surface area is 103 Å². The first-order valence-corrected chi connectivity index (χ1v) is 5.28. The zero-order chi connectivity index (χ0) is 13.3. The van der Waals surface area contributed by atoms with Crippen LogP contribution in [0.1, 0.15) is 16.1 Å². The van der Waals surface area contributed by atoms with Crippen molar-refractivity contribution in [2.45, 2.75) is 6.92 Å². The van der Waals surface area contributed by atoms with Gasteiger partial charge in [-0.1, -0.05) is 6.07 Å². The molecule has 0 aliphatic rings. The van der Waals surface area contributed by atoms with E-state index < -0.39 is 17.5 Å². The van der Waals surface area contributed by atoms with E-state index in [2.05, 4.69) is 10.4 Å². The quantitative estimate of drug-likeness (QED) is 0.853. The molecule has 2 aromatic rings. The number of hydrogen-bond acceptors (Lipinski definition) is 3. The summed E-state index contributed by atoms with van der Waals surface area (Å²) in [6.45, 7) is 1.72. The molecule has 0 atom stereocenters. The van der Waals surface area contributed by atoms with Crippen LogP contribution in [0, 0.1) is 12.7 Å². The van der Waals surface area contributed by atoms with Gasteiger partial charge in [0.15, 0.2) is 0 Å². The van der Waals surface area contributed by atoms with E-state index in [0.717, 1.165) is 6.07 Å². The lowest BCUT2D eigenvalue weighted by Gasteiger charge is -2.06. The molecule has 2 N–H and O–H groups in total. The molecule has 2 rings (SSSR count). The second-order valence-electron chi connectivity index (χ2n) is 3.89. The van der Waals surface area contributed by atoms with E-state index in [4.69, 9.17) is 0 Å². The summed E-state index contributed by atoms with van der Waals surface area (Å²) < 4.78 is 15.0. The molecule has 18 heavy (non-hydrogen) atoms. The third-order valence-electron chi connectivity index (χ3n) is 2.48. The summed E-state index contributed by atoms with van der Waals surface area (Å²) in [6, 6.07) is 3.70. The Morgan fingerprint density at radius 2 is 2.22 bits per heavy atom. The van der Waals surface area contributed by atoms with Crippen LogP contribution in [0.15, 0.2) is 24.4 Å². The Balaban J connectivity index is 2.30. The number of aryl methyl sites for hydroxylation is 2. The number of rotatable bonds is 2. The fraction of sp³-hybridized carbons (Fsp3) is 0.167. The highest BCUT2D eigenvalue weighted by atomic mass is 19.1. The van der Waals surface area contributed by atoms with Gasteiger partial charge in [-0.25, -0.2) is 4.39 Å². The van der Waals surface area contributed by atoms with Crippen molar-refractivity contribution in [2.24, 2.45) is 7.05 Å². The van der Waals surface area contributed by atoms with Crippen LogP contribution < -0.4 is 5.32 Å². The van der Waals surface area contributed by atoms with Gasteiger partial charge in [0, 0.05) is 13.2 Å². The van der Waals surface area contributed by atoms with E-state index in [1.54, 1.807) is 20.2 Å². The number of benzene rings is 1. The average Bonchev–Trinajstić information content (AvgIpc) is 2.57. The minimum absolute atomic E-state index is 0.374. The number of carbonyl (C=O) groups excluding carboxylic acids is 1. The fourth-order valence-corrected chi connectivity index (χ4v) is 1.64. The van der Waals surface area contributed by atoms with E-state index in [0.29, 0.717) is 11.4 Å². The van der Waals surface area contributed by atoms with Crippen LogP contribution in [0.25, 0.3) is 0 Å². The van der Waals surface area contributed by atoms with Crippen LogP contribution in [0.5, 0.6) is 5.75 Å². The van der Waals surface area contributed by atoms with Crippen LogP contribution in [-0.2, 0) is 7.05 Å². The second-order valence-corrected chi connectivity index (χ2v) is 3.89. The van der Waals surface area contributed by atoms with Gasteiger partial charge < -0.3 is 10.4 Å². The molecule has 0 aliphatic heterocycles. The van der Waals surface area contributed by atoms with Gasteiger partial charge in [-0.3, -0.25) is 9.48 Å². The summed E-state index contributed by atoms with van der Waals surface area (Å²) >= 11 is 0. The first-order chi connectivity index (χ1) is 8.49. The van der Waals surface area contributed by atoms with Crippen molar-refractivity contribution >= 4 is 11.6 Å². The van der Waals surface area contributed by atoms with Crippen LogP contribution in [0.4, 0.5) is 10.1 Å². The lowest BCUT2D eigenvalue weighted by Crippen LogP contribution is -2.14. The summed E-state index contributed by atoms with van der Waals surface area (Å²) in [4.78, 5) is 11.9. The number of phenolic OH excluding ortho intramolecular Hbond substituents is 1. The second kappa shape index (κ2) is 4.48. The number of amides is 1. The molecule has 0 radical (unpaired) electrons. The van der Waals surface area contributed by atoms with Crippen molar-refractivity contribution in [3.8, 4) is 5.75 Å². The molecular formula is C12H12FN3O2. The summed E-state index contributed by atoms with van der Waals surface area (Å²) in [5.41, 5.74) is 0.715. The normalized spacial score (nSPS) is 10.4. The number of aromatic nitrogens is 2. The average molecular weight is 249 g/mol. The molecule has 0 bridgehead atoms. The SMILES string of the molecule is Cc1nn(C)cc1NC(=O)c1c(O)cccc1F. The predicted molar refractivity (Wildman–Crippen MR) is 64.0 cm³/mol. The molecule has 0 unspecified atom stereocenters. The highest BCUT2D eigenvalue weighted by Crippen LogP contribution is 2.22. The summed E-state index contributed by atoms with van der Waals surface area (Å²) in [5, 5.41) is 16.0. The lowest BCUT2D eigenvalue weighted by molar-refractivity contribution is 0.102.